The van der Waals surface area contributed by atoms with Crippen LogP contribution in [0.15, 0.2) is 156 Å². The number of rotatable bonds is 4. The van der Waals surface area contributed by atoms with Crippen LogP contribution in [0.5, 0.6) is 0 Å². The number of hydrogen-bond donors (Lipinski definition) is 0. The average Bonchev–Trinajstić information content (AvgIpc) is 3.60. The van der Waals surface area contributed by atoms with E-state index in [0.717, 1.165) is 33.1 Å². The van der Waals surface area contributed by atoms with E-state index in [4.69, 9.17) is 4.42 Å². The Morgan fingerprint density at radius 3 is 1.65 bits per heavy atom. The smallest absolute Gasteiger partial charge is 0.143 e. The molecule has 0 unspecified atom stereocenters. The summed E-state index contributed by atoms with van der Waals surface area (Å²) in [5.74, 6) is 0. The first-order chi connectivity index (χ1) is 26.4. The molecule has 1 aromatic heterocycles. The standard InChI is InChI=1S/C48H35B5O/c49-43-42(44(50)46(52)47(53)45(43)51)41-34-18-7-6-17-33(34)40(32-19-10-14-26-13-4-5-15-30(26)32)35-22-21-28(23-37(35)41)29-24-36(27-11-2-1-3-12-27)48-38(25-29)31-16-8-9-20-39(31)54-48/h1-25H,49-53H2. The Hall–Kier alpha value is -6.12. The SMILES string of the molecule is Bc1c(B)c(B)c(-c2c3ccccc3c(-c3cccc4ccccc34)c3ccc(-c4cc(-c5ccccc5)c5oc6ccccc6c5c4)cc23)c(B)c1B. The Balaban J connectivity index is 1.36. The van der Waals surface area contributed by atoms with Crippen molar-refractivity contribution in [1.29, 1.82) is 0 Å². The zero-order chi connectivity index (χ0) is 36.7. The van der Waals surface area contributed by atoms with E-state index in [1.165, 1.54) is 93.0 Å². The third-order valence-electron chi connectivity index (χ3n) is 12.2. The number of furan rings is 1. The lowest BCUT2D eigenvalue weighted by Crippen LogP contribution is -2.55. The highest BCUT2D eigenvalue weighted by Gasteiger charge is 2.23. The van der Waals surface area contributed by atoms with E-state index in [0.29, 0.717) is 0 Å². The van der Waals surface area contributed by atoms with Crippen LogP contribution < -0.4 is 27.3 Å². The van der Waals surface area contributed by atoms with Crippen LogP contribution >= 0.6 is 0 Å². The molecule has 10 aromatic rings. The van der Waals surface area contributed by atoms with Crippen LogP contribution in [0.2, 0.25) is 0 Å². The van der Waals surface area contributed by atoms with E-state index in [-0.39, 0.29) is 0 Å². The molecule has 0 fully saturated rings. The summed E-state index contributed by atoms with van der Waals surface area (Å²) in [5, 5.41) is 9.86. The molecule has 0 spiro atoms. The van der Waals surface area contributed by atoms with Gasteiger partial charge in [-0.05, 0) is 95.5 Å². The lowest BCUT2D eigenvalue weighted by molar-refractivity contribution is 0.670. The van der Waals surface area contributed by atoms with Crippen molar-refractivity contribution in [2.45, 2.75) is 0 Å². The van der Waals surface area contributed by atoms with Gasteiger partial charge in [0.05, 0.1) is 0 Å². The van der Waals surface area contributed by atoms with Gasteiger partial charge in [0.2, 0.25) is 0 Å². The Morgan fingerprint density at radius 1 is 0.315 bits per heavy atom. The van der Waals surface area contributed by atoms with Gasteiger partial charge in [-0.3, -0.25) is 0 Å². The lowest BCUT2D eigenvalue weighted by Gasteiger charge is -2.25. The molecule has 1 heterocycles. The van der Waals surface area contributed by atoms with Crippen LogP contribution in [-0.2, 0) is 0 Å². The summed E-state index contributed by atoms with van der Waals surface area (Å²) in [6, 6.07) is 55.5. The summed E-state index contributed by atoms with van der Waals surface area (Å²) in [4.78, 5) is 0. The first-order valence-electron chi connectivity index (χ1n) is 18.9. The number of fused-ring (bicyclic) bond motifs is 6. The van der Waals surface area contributed by atoms with Crippen molar-refractivity contribution in [2.24, 2.45) is 0 Å². The molecule has 0 aliphatic rings. The molecule has 6 heteroatoms. The highest BCUT2D eigenvalue weighted by Crippen LogP contribution is 2.46. The molecule has 10 rings (SSSR count). The minimum absolute atomic E-state index is 0.907. The third-order valence-corrected chi connectivity index (χ3v) is 12.2. The molecule has 0 radical (unpaired) electrons. The Bertz CT molecular complexity index is 3130. The fraction of sp³-hybridized carbons (Fsp3) is 0. The molecule has 0 atom stereocenters. The quantitative estimate of drug-likeness (QED) is 0.188. The van der Waals surface area contributed by atoms with Crippen molar-refractivity contribution in [3.63, 3.8) is 0 Å². The average molecular weight is 682 g/mol. The number of hydrogen-bond acceptors (Lipinski definition) is 1. The molecule has 0 aliphatic heterocycles. The van der Waals surface area contributed by atoms with Crippen LogP contribution in [0.25, 0.3) is 98.8 Å². The molecular formula is C48H35B5O. The van der Waals surface area contributed by atoms with E-state index in [1.807, 2.05) is 0 Å². The summed E-state index contributed by atoms with van der Waals surface area (Å²) >= 11 is 0. The zero-order valence-corrected chi connectivity index (χ0v) is 31.3. The van der Waals surface area contributed by atoms with Gasteiger partial charge in [0.1, 0.15) is 50.4 Å². The largest absolute Gasteiger partial charge is 0.455 e. The third kappa shape index (κ3) is 4.86. The predicted octanol–water partition coefficient (Wildman–Crippen LogP) is 5.01. The molecule has 0 amide bonds. The first kappa shape index (κ1) is 32.5. The van der Waals surface area contributed by atoms with Crippen LogP contribution in [0, 0.1) is 0 Å². The van der Waals surface area contributed by atoms with Gasteiger partial charge in [0.15, 0.2) is 0 Å². The molecule has 9 aromatic carbocycles. The molecule has 0 saturated carbocycles. The summed E-state index contributed by atoms with van der Waals surface area (Å²) in [5.41, 5.74) is 18.4. The van der Waals surface area contributed by atoms with Crippen LogP contribution in [0.1, 0.15) is 0 Å². The van der Waals surface area contributed by atoms with E-state index < -0.39 is 0 Å². The van der Waals surface area contributed by atoms with E-state index >= 15 is 0 Å². The highest BCUT2D eigenvalue weighted by atomic mass is 16.3. The monoisotopic (exact) mass is 682 g/mol. The second-order valence-corrected chi connectivity index (χ2v) is 14.9. The molecular weight excluding hydrogens is 647 g/mol. The predicted molar refractivity (Wildman–Crippen MR) is 249 cm³/mol. The van der Waals surface area contributed by atoms with Gasteiger partial charge < -0.3 is 4.42 Å². The highest BCUT2D eigenvalue weighted by molar-refractivity contribution is 6.69. The zero-order valence-electron chi connectivity index (χ0n) is 31.3. The minimum atomic E-state index is 0.907. The van der Waals surface area contributed by atoms with Crippen LogP contribution in [0.4, 0.5) is 0 Å². The Morgan fingerprint density at radius 2 is 0.889 bits per heavy atom. The molecule has 0 bridgehead atoms. The van der Waals surface area contributed by atoms with Crippen LogP contribution in [0.3, 0.4) is 0 Å². The van der Waals surface area contributed by atoms with Gasteiger partial charge in [-0.15, -0.1) is 16.4 Å². The summed E-state index contributed by atoms with van der Waals surface area (Å²) in [7, 11) is 11.5. The van der Waals surface area contributed by atoms with E-state index in [2.05, 4.69) is 191 Å². The van der Waals surface area contributed by atoms with Gasteiger partial charge >= 0.3 is 0 Å². The fourth-order valence-electron chi connectivity index (χ4n) is 9.06. The normalized spacial score (nSPS) is 11.7. The maximum absolute atomic E-state index is 6.58. The molecule has 248 valence electrons. The molecule has 1 nitrogen and oxygen atoms in total. The van der Waals surface area contributed by atoms with Crippen molar-refractivity contribution in [3.05, 3.63) is 152 Å². The topological polar surface area (TPSA) is 13.1 Å². The summed E-state index contributed by atoms with van der Waals surface area (Å²) in [6.07, 6.45) is 0. The van der Waals surface area contributed by atoms with Crippen molar-refractivity contribution >= 4 is 121 Å². The van der Waals surface area contributed by atoms with Crippen molar-refractivity contribution in [2.75, 3.05) is 0 Å². The van der Waals surface area contributed by atoms with Crippen molar-refractivity contribution < 1.29 is 4.42 Å². The van der Waals surface area contributed by atoms with E-state index in [1.54, 1.807) is 0 Å². The van der Waals surface area contributed by atoms with Crippen molar-refractivity contribution in [1.82, 2.24) is 0 Å². The first-order valence-corrected chi connectivity index (χ1v) is 18.9. The maximum atomic E-state index is 6.58. The Labute approximate surface area is 320 Å². The minimum Gasteiger partial charge on any atom is -0.455 e. The molecule has 0 saturated heterocycles. The molecule has 54 heavy (non-hydrogen) atoms. The lowest BCUT2D eigenvalue weighted by atomic mass is 9.59. The molecule has 0 N–H and O–H groups in total. The van der Waals surface area contributed by atoms with Gasteiger partial charge in [0.25, 0.3) is 0 Å². The second kappa shape index (κ2) is 12.5. The fourth-order valence-corrected chi connectivity index (χ4v) is 9.06. The summed E-state index contributed by atoms with van der Waals surface area (Å²) in [6.45, 7) is 0. The van der Waals surface area contributed by atoms with E-state index in [9.17, 15) is 0 Å². The maximum Gasteiger partial charge on any atom is 0.143 e. The summed E-state index contributed by atoms with van der Waals surface area (Å²) < 4.78 is 6.58. The van der Waals surface area contributed by atoms with Gasteiger partial charge in [-0.1, -0.05) is 138 Å². The number of para-hydroxylation sites is 1. The van der Waals surface area contributed by atoms with Crippen LogP contribution in [-0.4, -0.2) is 39.2 Å². The second-order valence-electron chi connectivity index (χ2n) is 14.9. The van der Waals surface area contributed by atoms with Gasteiger partial charge in [0, 0.05) is 16.3 Å². The Kier molecular flexibility index (Phi) is 7.53. The van der Waals surface area contributed by atoms with Gasteiger partial charge in [-0.2, -0.15) is 0 Å². The number of benzene rings is 9. The molecule has 0 aliphatic carbocycles. The van der Waals surface area contributed by atoms with Crippen molar-refractivity contribution in [3.8, 4) is 44.5 Å². The van der Waals surface area contributed by atoms with Gasteiger partial charge in [-0.25, -0.2) is 0 Å².